The molecule has 3 aromatic heterocycles. The van der Waals surface area contributed by atoms with E-state index >= 15 is 0 Å². The molecule has 0 atom stereocenters. The first-order valence-corrected chi connectivity index (χ1v) is 23.3. The minimum absolute atomic E-state index is 0.357. The third kappa shape index (κ3) is 8.11. The van der Waals surface area contributed by atoms with Gasteiger partial charge in [0.25, 0.3) is 0 Å². The number of para-hydroxylation sites is 4. The molecule has 66 heavy (non-hydrogen) atoms. The molecule has 0 amide bonds. The van der Waals surface area contributed by atoms with Crippen molar-refractivity contribution in [1.82, 2.24) is 34.1 Å². The van der Waals surface area contributed by atoms with E-state index in [1.165, 1.54) is 22.3 Å². The topological polar surface area (TPSA) is 74.3 Å². The molecule has 10 rings (SSSR count). The number of benzene rings is 7. The van der Waals surface area contributed by atoms with Crippen LogP contribution in [0.2, 0.25) is 0 Å². The molecule has 326 valence electrons. The van der Waals surface area contributed by atoms with Crippen LogP contribution in [0, 0.1) is 0 Å². The zero-order valence-electron chi connectivity index (χ0n) is 39.0. The molecule has 0 saturated heterocycles. The molecule has 0 spiro atoms. The van der Waals surface area contributed by atoms with Crippen LogP contribution in [-0.2, 0) is 0 Å². The summed E-state index contributed by atoms with van der Waals surface area (Å²) < 4.78 is 4.58. The van der Waals surface area contributed by atoms with Crippen LogP contribution in [0.5, 0.6) is 0 Å². The molecule has 0 radical (unpaired) electrons. The normalized spacial score (nSPS) is 11.9. The Bertz CT molecular complexity index is 3150. The van der Waals surface area contributed by atoms with Gasteiger partial charge in [0.15, 0.2) is 17.5 Å². The molecule has 0 N–H and O–H groups in total. The van der Waals surface area contributed by atoms with Gasteiger partial charge in [0, 0.05) is 39.2 Å². The Morgan fingerprint density at radius 2 is 0.667 bits per heavy atom. The zero-order valence-corrected chi connectivity index (χ0v) is 39.0. The van der Waals surface area contributed by atoms with Crippen molar-refractivity contribution in [2.24, 2.45) is 0 Å². The van der Waals surface area contributed by atoms with Crippen LogP contribution < -0.4 is 0 Å². The highest BCUT2D eigenvalue weighted by Crippen LogP contribution is 2.38. The van der Waals surface area contributed by atoms with Crippen molar-refractivity contribution in [1.29, 1.82) is 0 Å². The van der Waals surface area contributed by atoms with Gasteiger partial charge < -0.3 is 0 Å². The molecule has 0 aliphatic rings. The number of rotatable bonds is 11. The highest BCUT2D eigenvalue weighted by atomic mass is 15.1. The molecule has 0 aliphatic heterocycles. The van der Waals surface area contributed by atoms with Crippen LogP contribution in [0.1, 0.15) is 101 Å². The first kappa shape index (κ1) is 42.4. The maximum atomic E-state index is 5.42. The van der Waals surface area contributed by atoms with Gasteiger partial charge >= 0.3 is 0 Å². The molecule has 0 saturated carbocycles. The van der Waals surface area contributed by atoms with E-state index in [9.17, 15) is 0 Å². The van der Waals surface area contributed by atoms with Crippen LogP contribution >= 0.6 is 0 Å². The van der Waals surface area contributed by atoms with Crippen LogP contribution in [0.3, 0.4) is 0 Å². The lowest BCUT2D eigenvalue weighted by Gasteiger charge is -2.16. The fourth-order valence-electron chi connectivity index (χ4n) is 8.82. The maximum Gasteiger partial charge on any atom is 0.164 e. The smallest absolute Gasteiger partial charge is 0.164 e. The van der Waals surface area contributed by atoms with Crippen molar-refractivity contribution < 1.29 is 0 Å². The standard InChI is InChI=1S/C59H55N7/c1-36(2)40-23-27-42(28-24-40)55-62-56(43-29-25-41(26-30-43)37(3)4)64-57(63-55)46-31-47(58-60-51-19-9-11-21-53(51)65(58)49-17-13-15-44(34-49)38(5)6)33-48(32-46)59-61-52-20-10-12-22-54(52)66(59)50-18-14-16-45(35-50)39(7)8/h9-39H,1-8H3. The predicted molar refractivity (Wildman–Crippen MR) is 273 cm³/mol. The quantitative estimate of drug-likeness (QED) is 0.129. The van der Waals surface area contributed by atoms with Crippen LogP contribution in [0.25, 0.3) is 90.4 Å². The van der Waals surface area contributed by atoms with E-state index in [4.69, 9.17) is 24.9 Å². The minimum Gasteiger partial charge on any atom is -0.292 e. The Kier molecular flexibility index (Phi) is 11.2. The average Bonchev–Trinajstić information content (AvgIpc) is 3.94. The monoisotopic (exact) mass is 861 g/mol. The predicted octanol–water partition coefficient (Wildman–Crippen LogP) is 15.4. The third-order valence-corrected chi connectivity index (χ3v) is 12.7. The fourth-order valence-corrected chi connectivity index (χ4v) is 8.82. The maximum absolute atomic E-state index is 5.42. The lowest BCUT2D eigenvalue weighted by atomic mass is 10.0. The minimum atomic E-state index is 0.357. The first-order valence-electron chi connectivity index (χ1n) is 23.3. The highest BCUT2D eigenvalue weighted by molar-refractivity contribution is 5.88. The third-order valence-electron chi connectivity index (χ3n) is 12.7. The lowest BCUT2D eigenvalue weighted by molar-refractivity contribution is 0.863. The lowest BCUT2D eigenvalue weighted by Crippen LogP contribution is -2.03. The van der Waals surface area contributed by atoms with E-state index < -0.39 is 0 Å². The Balaban J connectivity index is 1.27. The van der Waals surface area contributed by atoms with Crippen molar-refractivity contribution in [3.05, 3.63) is 186 Å². The number of hydrogen-bond acceptors (Lipinski definition) is 5. The van der Waals surface area contributed by atoms with Crippen LogP contribution in [0.4, 0.5) is 0 Å². The van der Waals surface area contributed by atoms with Gasteiger partial charge in [-0.2, -0.15) is 0 Å². The highest BCUT2D eigenvalue weighted by Gasteiger charge is 2.23. The molecular weight excluding hydrogens is 807 g/mol. The molecule has 0 unspecified atom stereocenters. The molecule has 0 fully saturated rings. The summed E-state index contributed by atoms with van der Waals surface area (Å²) in [4.78, 5) is 26.6. The van der Waals surface area contributed by atoms with E-state index in [1.807, 2.05) is 0 Å². The van der Waals surface area contributed by atoms with E-state index in [0.717, 1.165) is 72.9 Å². The Morgan fingerprint density at radius 1 is 0.303 bits per heavy atom. The number of aromatic nitrogens is 7. The van der Waals surface area contributed by atoms with Crippen molar-refractivity contribution >= 4 is 22.1 Å². The number of imidazole rings is 2. The summed E-state index contributed by atoms with van der Waals surface area (Å²) in [6.07, 6.45) is 0. The molecule has 3 heterocycles. The largest absolute Gasteiger partial charge is 0.292 e. The summed E-state index contributed by atoms with van der Waals surface area (Å²) >= 11 is 0. The Hall–Kier alpha value is -7.51. The summed E-state index contributed by atoms with van der Waals surface area (Å²) in [7, 11) is 0. The van der Waals surface area contributed by atoms with Crippen molar-refractivity contribution in [3.8, 4) is 68.3 Å². The molecule has 10 aromatic rings. The van der Waals surface area contributed by atoms with Gasteiger partial charge in [-0.3, -0.25) is 9.13 Å². The second-order valence-electron chi connectivity index (χ2n) is 18.7. The number of hydrogen-bond donors (Lipinski definition) is 0. The van der Waals surface area contributed by atoms with E-state index in [0.29, 0.717) is 41.1 Å². The second-order valence-corrected chi connectivity index (χ2v) is 18.7. The van der Waals surface area contributed by atoms with E-state index in [1.54, 1.807) is 0 Å². The number of fused-ring (bicyclic) bond motifs is 2. The van der Waals surface area contributed by atoms with Crippen LogP contribution in [-0.4, -0.2) is 34.1 Å². The zero-order chi connectivity index (χ0) is 45.6. The summed E-state index contributed by atoms with van der Waals surface area (Å²) in [6.45, 7) is 17.8. The van der Waals surface area contributed by atoms with Crippen molar-refractivity contribution in [2.75, 3.05) is 0 Å². The average molecular weight is 862 g/mol. The SMILES string of the molecule is CC(C)c1ccc(-c2nc(-c3ccc(C(C)C)cc3)nc(-c3cc(-c4nc5ccccc5n4-c4cccc(C(C)C)c4)cc(-c4nc5ccccc5n4-c4cccc(C(C)C)c4)c3)n2)cc1. The van der Waals surface area contributed by atoms with Gasteiger partial charge in [-0.05, 0) is 113 Å². The number of nitrogens with zero attached hydrogens (tertiary/aromatic N) is 7. The molecule has 0 aliphatic carbocycles. The second kappa shape index (κ2) is 17.5. The molecule has 0 bridgehead atoms. The van der Waals surface area contributed by atoms with Gasteiger partial charge in [-0.1, -0.05) is 152 Å². The first-order chi connectivity index (χ1) is 32.0. The summed E-state index contributed by atoms with van der Waals surface area (Å²) in [5, 5.41) is 0. The van der Waals surface area contributed by atoms with E-state index in [-0.39, 0.29) is 0 Å². The Labute approximate surface area is 388 Å². The molecule has 7 heteroatoms. The molecule has 7 nitrogen and oxygen atoms in total. The molecular formula is C59H55N7. The fraction of sp³-hybridized carbons (Fsp3) is 0.203. The summed E-state index contributed by atoms with van der Waals surface area (Å²) in [6, 6.07) is 58.2. The summed E-state index contributed by atoms with van der Waals surface area (Å²) in [5.41, 5.74) is 15.5. The van der Waals surface area contributed by atoms with Gasteiger partial charge in [-0.15, -0.1) is 0 Å². The van der Waals surface area contributed by atoms with Gasteiger partial charge in [0.05, 0.1) is 22.1 Å². The molecule has 7 aromatic carbocycles. The van der Waals surface area contributed by atoms with Gasteiger partial charge in [0.1, 0.15) is 11.6 Å². The van der Waals surface area contributed by atoms with Crippen molar-refractivity contribution in [2.45, 2.75) is 79.1 Å². The van der Waals surface area contributed by atoms with Crippen LogP contribution in [0.15, 0.2) is 164 Å². The van der Waals surface area contributed by atoms with Gasteiger partial charge in [0.2, 0.25) is 0 Å². The van der Waals surface area contributed by atoms with Gasteiger partial charge in [-0.25, -0.2) is 24.9 Å². The van der Waals surface area contributed by atoms with Crippen molar-refractivity contribution in [3.63, 3.8) is 0 Å². The Morgan fingerprint density at radius 3 is 1.06 bits per heavy atom. The van der Waals surface area contributed by atoms with E-state index in [2.05, 4.69) is 228 Å². The summed E-state index contributed by atoms with van der Waals surface area (Å²) in [5.74, 6) is 4.93.